The quantitative estimate of drug-likeness (QED) is 0.518. The lowest BCUT2D eigenvalue weighted by atomic mass is 10.1. The molecule has 8 nitrogen and oxygen atoms in total. The second-order valence-electron chi connectivity index (χ2n) is 9.47. The number of rotatable bonds is 10. The predicted molar refractivity (Wildman–Crippen MR) is 133 cm³/mol. The van der Waals surface area contributed by atoms with E-state index in [0.717, 1.165) is 31.2 Å². The molecule has 0 aromatic heterocycles. The molecular weight excluding hydrogens is 466 g/mol. The molecule has 2 aliphatic rings. The number of carbonyl (C=O) groups is 2. The lowest BCUT2D eigenvalue weighted by Crippen LogP contribution is -2.45. The minimum atomic E-state index is -3.26. The third-order valence-electron chi connectivity index (χ3n) is 6.28. The molecule has 2 N–H and O–H groups in total. The molecule has 2 aromatic carbocycles. The SMILES string of the molecule is CCCN(C(=O)c1ccc(NC(=O)Cc2ccc(S(=O)(=O)CC3CC3)cc2)cc1)C1CC(C)ON1. The normalized spacial score (nSPS) is 19.9. The maximum atomic E-state index is 13.1. The summed E-state index contributed by atoms with van der Waals surface area (Å²) in [5.41, 5.74) is 4.80. The van der Waals surface area contributed by atoms with Gasteiger partial charge in [0.15, 0.2) is 9.84 Å². The Kier molecular flexibility index (Phi) is 7.88. The lowest BCUT2D eigenvalue weighted by Gasteiger charge is -2.27. The van der Waals surface area contributed by atoms with Gasteiger partial charge < -0.3 is 10.2 Å². The van der Waals surface area contributed by atoms with Crippen LogP contribution in [0.5, 0.6) is 0 Å². The van der Waals surface area contributed by atoms with E-state index in [1.165, 1.54) is 0 Å². The van der Waals surface area contributed by atoms with E-state index in [9.17, 15) is 18.0 Å². The van der Waals surface area contributed by atoms with Crippen LogP contribution in [0.1, 0.15) is 55.5 Å². The fourth-order valence-electron chi connectivity index (χ4n) is 4.19. The molecule has 4 rings (SSSR count). The molecule has 2 atom stereocenters. The van der Waals surface area contributed by atoms with Gasteiger partial charge in [0, 0.05) is 24.2 Å². The number of nitrogens with one attached hydrogen (secondary N) is 2. The summed E-state index contributed by atoms with van der Waals surface area (Å²) in [5.74, 6) is 0.188. The molecule has 9 heteroatoms. The third kappa shape index (κ3) is 6.68. The molecule has 1 heterocycles. The molecule has 2 amide bonds. The van der Waals surface area contributed by atoms with Gasteiger partial charge in [-0.15, -0.1) is 0 Å². The van der Waals surface area contributed by atoms with Crippen molar-refractivity contribution in [2.75, 3.05) is 17.6 Å². The van der Waals surface area contributed by atoms with Gasteiger partial charge in [-0.1, -0.05) is 19.1 Å². The van der Waals surface area contributed by atoms with Crippen molar-refractivity contribution >= 4 is 27.3 Å². The number of carbonyl (C=O) groups excluding carboxylic acids is 2. The Morgan fingerprint density at radius 1 is 1.09 bits per heavy atom. The highest BCUT2D eigenvalue weighted by Gasteiger charge is 2.31. The molecule has 2 aromatic rings. The van der Waals surface area contributed by atoms with Crippen LogP contribution in [0.3, 0.4) is 0 Å². The number of sulfone groups is 1. The van der Waals surface area contributed by atoms with Gasteiger partial charge in [0.05, 0.1) is 23.2 Å². The number of nitrogens with zero attached hydrogens (tertiary/aromatic N) is 1. The monoisotopic (exact) mass is 499 g/mol. The van der Waals surface area contributed by atoms with E-state index in [0.29, 0.717) is 28.6 Å². The van der Waals surface area contributed by atoms with Crippen LogP contribution < -0.4 is 10.8 Å². The van der Waals surface area contributed by atoms with Crippen LogP contribution in [-0.4, -0.2) is 49.7 Å². The maximum absolute atomic E-state index is 13.1. The van der Waals surface area contributed by atoms with Crippen molar-refractivity contribution in [3.8, 4) is 0 Å². The van der Waals surface area contributed by atoms with Crippen LogP contribution in [0.25, 0.3) is 0 Å². The van der Waals surface area contributed by atoms with Gasteiger partial charge in [-0.2, -0.15) is 5.48 Å². The fraction of sp³-hybridized carbons (Fsp3) is 0.462. The average Bonchev–Trinajstić information content (AvgIpc) is 3.53. The van der Waals surface area contributed by atoms with Gasteiger partial charge in [-0.05, 0) is 74.1 Å². The largest absolute Gasteiger partial charge is 0.326 e. The van der Waals surface area contributed by atoms with Crippen molar-refractivity contribution < 1.29 is 22.8 Å². The van der Waals surface area contributed by atoms with E-state index in [-0.39, 0.29) is 36.3 Å². The summed E-state index contributed by atoms with van der Waals surface area (Å²) in [6, 6.07) is 13.4. The number of amides is 2. The average molecular weight is 500 g/mol. The number of hydrogen-bond acceptors (Lipinski definition) is 6. The minimum Gasteiger partial charge on any atom is -0.326 e. The lowest BCUT2D eigenvalue weighted by molar-refractivity contribution is -0.115. The standard InChI is InChI=1S/C26H33N3O5S/c1-3-14-29(24-15-18(2)34-28-24)26(31)21-8-10-22(11-9-21)27-25(30)16-19-6-12-23(13-7-19)35(32,33)17-20-4-5-20/h6-13,18,20,24,28H,3-5,14-17H2,1-2H3,(H,27,30). The van der Waals surface area contributed by atoms with E-state index in [4.69, 9.17) is 4.84 Å². The summed E-state index contributed by atoms with van der Waals surface area (Å²) in [5, 5.41) is 2.84. The second kappa shape index (κ2) is 10.9. The molecule has 0 bridgehead atoms. The Bertz CT molecular complexity index is 1140. The number of hydrogen-bond donors (Lipinski definition) is 2. The van der Waals surface area contributed by atoms with Crippen LogP contribution in [0, 0.1) is 5.92 Å². The van der Waals surface area contributed by atoms with E-state index >= 15 is 0 Å². The first-order valence-electron chi connectivity index (χ1n) is 12.2. The Balaban J connectivity index is 1.33. The predicted octanol–water partition coefficient (Wildman–Crippen LogP) is 3.54. The summed E-state index contributed by atoms with van der Waals surface area (Å²) < 4.78 is 24.8. The summed E-state index contributed by atoms with van der Waals surface area (Å²) in [6.07, 6.45) is 3.54. The fourth-order valence-corrected chi connectivity index (χ4v) is 5.89. The molecule has 1 saturated heterocycles. The third-order valence-corrected chi connectivity index (χ3v) is 8.18. The van der Waals surface area contributed by atoms with Crippen molar-refractivity contribution in [1.82, 2.24) is 10.4 Å². The number of benzene rings is 2. The molecular formula is C26H33N3O5S. The van der Waals surface area contributed by atoms with Crippen LogP contribution in [0.4, 0.5) is 5.69 Å². The highest BCUT2D eigenvalue weighted by atomic mass is 32.2. The topological polar surface area (TPSA) is 105 Å². The van der Waals surface area contributed by atoms with Crippen LogP contribution in [0.15, 0.2) is 53.4 Å². The van der Waals surface area contributed by atoms with Crippen molar-refractivity contribution in [3.63, 3.8) is 0 Å². The molecule has 188 valence electrons. The van der Waals surface area contributed by atoms with Gasteiger partial charge in [0.1, 0.15) is 6.17 Å². The summed E-state index contributed by atoms with van der Waals surface area (Å²) in [4.78, 5) is 33.1. The van der Waals surface area contributed by atoms with E-state index < -0.39 is 9.84 Å². The highest BCUT2D eigenvalue weighted by Crippen LogP contribution is 2.32. The Hall–Kier alpha value is -2.75. The first-order valence-corrected chi connectivity index (χ1v) is 13.8. The van der Waals surface area contributed by atoms with E-state index in [2.05, 4.69) is 10.8 Å². The molecule has 1 saturated carbocycles. The zero-order valence-electron chi connectivity index (χ0n) is 20.2. The molecule has 0 radical (unpaired) electrons. The Labute approximate surface area is 206 Å². The van der Waals surface area contributed by atoms with E-state index in [1.54, 1.807) is 53.4 Å². The Morgan fingerprint density at radius 3 is 2.34 bits per heavy atom. The van der Waals surface area contributed by atoms with Gasteiger partial charge >= 0.3 is 0 Å². The second-order valence-corrected chi connectivity index (χ2v) is 11.5. The van der Waals surface area contributed by atoms with Crippen LogP contribution >= 0.6 is 0 Å². The van der Waals surface area contributed by atoms with Crippen molar-refractivity contribution in [2.45, 2.75) is 63.1 Å². The molecule has 2 unspecified atom stereocenters. The maximum Gasteiger partial charge on any atom is 0.255 e. The van der Waals surface area contributed by atoms with Gasteiger partial charge in [0.2, 0.25) is 5.91 Å². The van der Waals surface area contributed by atoms with Gasteiger partial charge in [-0.3, -0.25) is 14.4 Å². The summed E-state index contributed by atoms with van der Waals surface area (Å²) in [6.45, 7) is 4.61. The Morgan fingerprint density at radius 2 is 1.77 bits per heavy atom. The highest BCUT2D eigenvalue weighted by molar-refractivity contribution is 7.91. The van der Waals surface area contributed by atoms with Crippen LogP contribution in [-0.2, 0) is 25.9 Å². The molecule has 35 heavy (non-hydrogen) atoms. The first-order chi connectivity index (χ1) is 16.7. The van der Waals surface area contributed by atoms with Gasteiger partial charge in [-0.25, -0.2) is 8.42 Å². The van der Waals surface area contributed by atoms with Crippen molar-refractivity contribution in [3.05, 3.63) is 59.7 Å². The van der Waals surface area contributed by atoms with Crippen molar-refractivity contribution in [1.29, 1.82) is 0 Å². The number of hydroxylamine groups is 1. The van der Waals surface area contributed by atoms with E-state index in [1.807, 2.05) is 13.8 Å². The van der Waals surface area contributed by atoms with Crippen LogP contribution in [0.2, 0.25) is 0 Å². The van der Waals surface area contributed by atoms with Crippen molar-refractivity contribution in [2.24, 2.45) is 5.92 Å². The zero-order valence-corrected chi connectivity index (χ0v) is 21.0. The molecule has 1 aliphatic heterocycles. The first kappa shape index (κ1) is 25.3. The molecule has 1 aliphatic carbocycles. The zero-order chi connectivity index (χ0) is 25.0. The van der Waals surface area contributed by atoms with Gasteiger partial charge in [0.25, 0.3) is 5.91 Å². The molecule has 0 spiro atoms. The smallest absolute Gasteiger partial charge is 0.255 e. The summed E-state index contributed by atoms with van der Waals surface area (Å²) >= 11 is 0. The number of anilines is 1. The minimum absolute atomic E-state index is 0.0492. The summed E-state index contributed by atoms with van der Waals surface area (Å²) in [7, 11) is -3.26. The molecule has 2 fully saturated rings.